The highest BCUT2D eigenvalue weighted by Gasteiger charge is 2.28. The maximum atomic E-state index is 11.9. The number of aromatic nitrogens is 2. The molecule has 0 aliphatic carbocycles. The summed E-state index contributed by atoms with van der Waals surface area (Å²) in [5.41, 5.74) is 0.875. The molecular formula is C12H13N3O3S3. The molecule has 3 heterocycles. The third-order valence-corrected chi connectivity index (χ3v) is 6.95. The Morgan fingerprint density at radius 2 is 2.33 bits per heavy atom. The fraction of sp³-hybridized carbons (Fsp3) is 0.417. The minimum Gasteiger partial charge on any atom is -0.352 e. The van der Waals surface area contributed by atoms with Crippen molar-refractivity contribution in [3.63, 3.8) is 0 Å². The quantitative estimate of drug-likeness (QED) is 0.660. The lowest BCUT2D eigenvalue weighted by Crippen LogP contribution is -2.36. The van der Waals surface area contributed by atoms with E-state index in [9.17, 15) is 13.2 Å². The maximum absolute atomic E-state index is 11.9. The number of thioether (sulfide) groups is 1. The number of hydrogen-bond donors (Lipinski definition) is 1. The highest BCUT2D eigenvalue weighted by molar-refractivity contribution is 8.00. The number of carbonyl (C=O) groups excluding carboxylic acids is 1. The van der Waals surface area contributed by atoms with Gasteiger partial charge in [-0.25, -0.2) is 18.4 Å². The van der Waals surface area contributed by atoms with Gasteiger partial charge in [-0.1, -0.05) is 11.8 Å². The average molecular weight is 343 g/mol. The van der Waals surface area contributed by atoms with Gasteiger partial charge >= 0.3 is 0 Å². The largest absolute Gasteiger partial charge is 0.352 e. The van der Waals surface area contributed by atoms with Gasteiger partial charge in [0.2, 0.25) is 5.91 Å². The highest BCUT2D eigenvalue weighted by Crippen LogP contribution is 2.28. The minimum absolute atomic E-state index is 0.0477. The molecule has 1 aliphatic rings. The van der Waals surface area contributed by atoms with Crippen molar-refractivity contribution in [1.29, 1.82) is 0 Å². The summed E-state index contributed by atoms with van der Waals surface area (Å²) in [5.74, 6) is 0.268. The number of nitrogens with one attached hydrogen (secondary N) is 1. The summed E-state index contributed by atoms with van der Waals surface area (Å²) in [6, 6.07) is 1.66. The molecule has 0 bridgehead atoms. The lowest BCUT2D eigenvalue weighted by atomic mass is 10.3. The smallest absolute Gasteiger partial charge is 0.230 e. The van der Waals surface area contributed by atoms with E-state index in [0.717, 1.165) is 15.2 Å². The predicted molar refractivity (Wildman–Crippen MR) is 83.3 cm³/mol. The minimum atomic E-state index is -2.97. The lowest BCUT2D eigenvalue weighted by Gasteiger charge is -2.10. The molecule has 6 nitrogen and oxygen atoms in total. The lowest BCUT2D eigenvalue weighted by molar-refractivity contribution is -0.119. The van der Waals surface area contributed by atoms with Crippen molar-refractivity contribution in [2.45, 2.75) is 17.5 Å². The number of thiophene rings is 1. The molecule has 1 aliphatic heterocycles. The summed E-state index contributed by atoms with van der Waals surface area (Å²) < 4.78 is 23.7. The number of hydrogen-bond acceptors (Lipinski definition) is 7. The third-order valence-electron chi connectivity index (χ3n) is 3.15. The Morgan fingerprint density at radius 1 is 1.48 bits per heavy atom. The van der Waals surface area contributed by atoms with Gasteiger partial charge in [0.1, 0.15) is 11.4 Å². The van der Waals surface area contributed by atoms with Crippen molar-refractivity contribution in [2.24, 2.45) is 0 Å². The van der Waals surface area contributed by atoms with Gasteiger partial charge in [-0.05, 0) is 17.9 Å². The normalized spacial score (nSPS) is 20.7. The van der Waals surface area contributed by atoms with Gasteiger partial charge < -0.3 is 5.32 Å². The van der Waals surface area contributed by atoms with Crippen LogP contribution in [0.1, 0.15) is 6.42 Å². The summed E-state index contributed by atoms with van der Waals surface area (Å²) in [6.45, 7) is 0. The first-order valence-corrected chi connectivity index (χ1v) is 10.0. The summed E-state index contributed by atoms with van der Waals surface area (Å²) in [4.78, 5) is 20.2. The zero-order chi connectivity index (χ0) is 14.9. The fourth-order valence-electron chi connectivity index (χ4n) is 2.18. The zero-order valence-electron chi connectivity index (χ0n) is 11.0. The molecule has 21 heavy (non-hydrogen) atoms. The molecule has 2 aromatic heterocycles. The molecule has 112 valence electrons. The van der Waals surface area contributed by atoms with Crippen molar-refractivity contribution in [3.8, 4) is 0 Å². The summed E-state index contributed by atoms with van der Waals surface area (Å²) in [7, 11) is -2.97. The molecule has 0 aromatic carbocycles. The zero-order valence-corrected chi connectivity index (χ0v) is 13.4. The number of amides is 1. The third kappa shape index (κ3) is 3.53. The first kappa shape index (κ1) is 14.7. The van der Waals surface area contributed by atoms with Crippen LogP contribution in [0.4, 0.5) is 0 Å². The molecule has 2 aromatic rings. The Hall–Kier alpha value is -1.19. The van der Waals surface area contributed by atoms with E-state index in [1.807, 2.05) is 11.4 Å². The topological polar surface area (TPSA) is 89.0 Å². The molecule has 9 heteroatoms. The molecule has 1 unspecified atom stereocenters. The van der Waals surface area contributed by atoms with Gasteiger partial charge in [-0.3, -0.25) is 4.79 Å². The van der Waals surface area contributed by atoms with E-state index < -0.39 is 9.84 Å². The summed E-state index contributed by atoms with van der Waals surface area (Å²) >= 11 is 2.89. The standard InChI is InChI=1S/C12H13N3O3S3/c16-10(15-8-2-4-21(17,18)6-8)5-20-12-11-9(1-3-19-11)13-7-14-12/h1,3,7-8H,2,4-6H2,(H,15,16). The molecule has 0 saturated carbocycles. The molecule has 1 saturated heterocycles. The monoisotopic (exact) mass is 343 g/mol. The second kappa shape index (κ2) is 5.90. The summed E-state index contributed by atoms with van der Waals surface area (Å²) in [6.07, 6.45) is 1.99. The van der Waals surface area contributed by atoms with Gasteiger partial charge in [0.25, 0.3) is 0 Å². The SMILES string of the molecule is O=C(CSc1ncnc2ccsc12)NC1CCS(=O)(=O)C1. The van der Waals surface area contributed by atoms with Gasteiger partial charge in [-0.15, -0.1) is 11.3 Å². The molecule has 1 amide bonds. The number of fused-ring (bicyclic) bond motifs is 1. The number of carbonyl (C=O) groups is 1. The van der Waals surface area contributed by atoms with Gasteiger partial charge in [-0.2, -0.15) is 0 Å². The van der Waals surface area contributed by atoms with E-state index in [-0.39, 0.29) is 29.2 Å². The van der Waals surface area contributed by atoms with Crippen molar-refractivity contribution >= 4 is 49.1 Å². The van der Waals surface area contributed by atoms with E-state index in [2.05, 4.69) is 15.3 Å². The molecule has 0 spiro atoms. The van der Waals surface area contributed by atoms with Crippen molar-refractivity contribution in [1.82, 2.24) is 15.3 Å². The summed E-state index contributed by atoms with van der Waals surface area (Å²) in [5, 5.41) is 5.49. The Balaban J connectivity index is 1.58. The molecule has 0 radical (unpaired) electrons. The van der Waals surface area contributed by atoms with Gasteiger partial charge in [0.05, 0.1) is 27.5 Å². The first-order chi connectivity index (χ1) is 10.0. The van der Waals surface area contributed by atoms with Crippen LogP contribution >= 0.6 is 23.1 Å². The maximum Gasteiger partial charge on any atom is 0.230 e. The van der Waals surface area contributed by atoms with E-state index >= 15 is 0 Å². The van der Waals surface area contributed by atoms with Crippen LogP contribution in [0.3, 0.4) is 0 Å². The van der Waals surface area contributed by atoms with Crippen LogP contribution in [0.25, 0.3) is 10.2 Å². The van der Waals surface area contributed by atoms with Crippen LogP contribution < -0.4 is 5.32 Å². The Morgan fingerprint density at radius 3 is 3.10 bits per heavy atom. The van der Waals surface area contributed by atoms with Gasteiger partial charge in [0.15, 0.2) is 9.84 Å². The second-order valence-corrected chi connectivity index (χ2v) is 8.88. The van der Waals surface area contributed by atoms with E-state index in [4.69, 9.17) is 0 Å². The Labute approximate surface area is 130 Å². The molecule has 1 atom stereocenters. The fourth-order valence-corrected chi connectivity index (χ4v) is 5.61. The van der Waals surface area contributed by atoms with E-state index in [1.54, 1.807) is 11.3 Å². The predicted octanol–water partition coefficient (Wildman–Crippen LogP) is 1.09. The van der Waals surface area contributed by atoms with Crippen LogP contribution in [0, 0.1) is 0 Å². The van der Waals surface area contributed by atoms with Crippen LogP contribution in [0.15, 0.2) is 22.8 Å². The molecule has 1 fully saturated rings. The molecular weight excluding hydrogens is 330 g/mol. The second-order valence-electron chi connectivity index (χ2n) is 4.77. The van der Waals surface area contributed by atoms with E-state index in [1.165, 1.54) is 18.1 Å². The first-order valence-electron chi connectivity index (χ1n) is 6.34. The van der Waals surface area contributed by atoms with Crippen LogP contribution in [-0.2, 0) is 14.6 Å². The molecule has 1 N–H and O–H groups in total. The Kier molecular flexibility index (Phi) is 4.14. The number of sulfone groups is 1. The van der Waals surface area contributed by atoms with Gasteiger partial charge in [0, 0.05) is 6.04 Å². The van der Waals surface area contributed by atoms with Crippen LogP contribution in [-0.4, -0.2) is 47.6 Å². The average Bonchev–Trinajstić information content (AvgIpc) is 3.03. The van der Waals surface area contributed by atoms with E-state index in [0.29, 0.717) is 6.42 Å². The highest BCUT2D eigenvalue weighted by atomic mass is 32.2. The van der Waals surface area contributed by atoms with Crippen molar-refractivity contribution in [3.05, 3.63) is 17.8 Å². The van der Waals surface area contributed by atoms with Crippen molar-refractivity contribution < 1.29 is 13.2 Å². The van der Waals surface area contributed by atoms with Crippen LogP contribution in [0.2, 0.25) is 0 Å². The number of rotatable bonds is 4. The van der Waals surface area contributed by atoms with Crippen LogP contribution in [0.5, 0.6) is 0 Å². The number of nitrogens with zero attached hydrogens (tertiary/aromatic N) is 2. The Bertz CT molecular complexity index is 772. The van der Waals surface area contributed by atoms with Crippen molar-refractivity contribution in [2.75, 3.05) is 17.3 Å². The molecule has 3 rings (SSSR count).